The summed E-state index contributed by atoms with van der Waals surface area (Å²) in [6.45, 7) is 5.11. The number of benzene rings is 2. The number of carbonyl (C=O) groups excluding carboxylic acids is 4. The van der Waals surface area contributed by atoms with Gasteiger partial charge in [-0.25, -0.2) is 0 Å². The molecule has 10 nitrogen and oxygen atoms in total. The second-order valence-corrected chi connectivity index (χ2v) is 11.9. The van der Waals surface area contributed by atoms with Crippen LogP contribution in [0.2, 0.25) is 0 Å². The van der Waals surface area contributed by atoms with Gasteiger partial charge in [0.25, 0.3) is 17.7 Å². The zero-order valence-corrected chi connectivity index (χ0v) is 27.3. The first-order valence-corrected chi connectivity index (χ1v) is 16.2. The van der Waals surface area contributed by atoms with Gasteiger partial charge in [-0.1, -0.05) is 36.4 Å². The highest BCUT2D eigenvalue weighted by Gasteiger charge is 2.42. The third-order valence-electron chi connectivity index (χ3n) is 8.83. The first-order chi connectivity index (χ1) is 23.3. The maximum absolute atomic E-state index is 14.6. The van der Waals surface area contributed by atoms with Crippen molar-refractivity contribution >= 4 is 41.1 Å². The largest absolute Gasteiger partial charge is 0.351 e. The lowest BCUT2D eigenvalue weighted by molar-refractivity contribution is -0.134. The summed E-state index contributed by atoms with van der Waals surface area (Å²) < 4.78 is 0. The Morgan fingerprint density at radius 3 is 2.35 bits per heavy atom. The fraction of sp³-hybridized carbons (Fsp3) is 0.316. The van der Waals surface area contributed by atoms with Crippen LogP contribution >= 0.6 is 0 Å². The second kappa shape index (κ2) is 15.8. The van der Waals surface area contributed by atoms with E-state index in [4.69, 9.17) is 6.42 Å². The van der Waals surface area contributed by atoms with Crippen LogP contribution in [-0.4, -0.2) is 76.3 Å². The Labute approximate surface area is 281 Å². The van der Waals surface area contributed by atoms with E-state index in [9.17, 15) is 19.2 Å². The zero-order chi connectivity index (χ0) is 34.0. The number of nitrogens with zero attached hydrogens (tertiary/aromatic N) is 5. The van der Waals surface area contributed by atoms with E-state index in [1.807, 2.05) is 44.2 Å². The van der Waals surface area contributed by atoms with Crippen molar-refractivity contribution < 1.29 is 19.2 Å². The SMILES string of the molecule is C#CC(=O)N1CCCC1C(=O)N(c1ccc(/C(C)=C/N=CC)cc1)C(C(=O)NC1CCN(C(=O)c2ccccc2)CC1)c1cccnc1. The number of aliphatic imine (C=N–C) groups is 1. The van der Waals surface area contributed by atoms with Gasteiger partial charge < -0.3 is 15.1 Å². The van der Waals surface area contributed by atoms with E-state index in [1.54, 1.807) is 66.1 Å². The smallest absolute Gasteiger partial charge is 0.298 e. The van der Waals surface area contributed by atoms with E-state index in [2.05, 4.69) is 21.2 Å². The van der Waals surface area contributed by atoms with Crippen molar-refractivity contribution in [2.45, 2.75) is 57.7 Å². The number of allylic oxidation sites excluding steroid dienone is 1. The van der Waals surface area contributed by atoms with Crippen molar-refractivity contribution in [3.05, 3.63) is 102 Å². The molecule has 0 aliphatic carbocycles. The van der Waals surface area contributed by atoms with Crippen LogP contribution in [0.3, 0.4) is 0 Å². The Kier molecular flexibility index (Phi) is 11.1. The number of terminal acetylenes is 1. The molecule has 2 fully saturated rings. The third kappa shape index (κ3) is 7.69. The van der Waals surface area contributed by atoms with Gasteiger partial charge in [0.05, 0.1) is 0 Å². The number of amides is 4. The summed E-state index contributed by atoms with van der Waals surface area (Å²) in [6.07, 6.45) is 14.3. The Balaban J connectivity index is 1.46. The van der Waals surface area contributed by atoms with Crippen LogP contribution in [0.5, 0.6) is 0 Å². The lowest BCUT2D eigenvalue weighted by Crippen LogP contribution is -2.54. The number of nitrogens with one attached hydrogen (secondary N) is 1. The molecule has 3 aromatic rings. The molecular formula is C38H40N6O4. The van der Waals surface area contributed by atoms with Crippen molar-refractivity contribution in [2.24, 2.45) is 4.99 Å². The Morgan fingerprint density at radius 2 is 1.71 bits per heavy atom. The molecule has 5 rings (SSSR count). The van der Waals surface area contributed by atoms with Gasteiger partial charge in [-0.3, -0.25) is 34.1 Å². The molecule has 2 unspecified atom stereocenters. The predicted molar refractivity (Wildman–Crippen MR) is 186 cm³/mol. The maximum Gasteiger partial charge on any atom is 0.298 e. The number of rotatable bonds is 9. The van der Waals surface area contributed by atoms with E-state index in [0.29, 0.717) is 62.1 Å². The normalized spacial score (nSPS) is 17.5. The molecule has 1 aromatic heterocycles. The van der Waals surface area contributed by atoms with Gasteiger partial charge in [0.2, 0.25) is 5.91 Å². The number of aromatic nitrogens is 1. The van der Waals surface area contributed by atoms with Crippen molar-refractivity contribution in [1.29, 1.82) is 0 Å². The number of pyridine rings is 1. The molecule has 0 bridgehead atoms. The predicted octanol–water partition coefficient (Wildman–Crippen LogP) is 4.65. The Bertz CT molecular complexity index is 1710. The van der Waals surface area contributed by atoms with E-state index < -0.39 is 23.9 Å². The van der Waals surface area contributed by atoms with Crippen LogP contribution in [0, 0.1) is 12.3 Å². The molecule has 1 N–H and O–H groups in total. The Morgan fingerprint density at radius 1 is 0.979 bits per heavy atom. The van der Waals surface area contributed by atoms with Gasteiger partial charge in [0, 0.05) is 67.3 Å². The quantitative estimate of drug-likeness (QED) is 0.269. The minimum Gasteiger partial charge on any atom is -0.351 e. The molecule has 2 aromatic carbocycles. The van der Waals surface area contributed by atoms with E-state index in [1.165, 1.54) is 9.80 Å². The minimum absolute atomic E-state index is 0.0388. The van der Waals surface area contributed by atoms with Crippen LogP contribution in [0.1, 0.15) is 67.1 Å². The molecule has 2 atom stereocenters. The highest BCUT2D eigenvalue weighted by molar-refractivity contribution is 6.06. The van der Waals surface area contributed by atoms with Crippen LogP contribution < -0.4 is 10.2 Å². The molecule has 48 heavy (non-hydrogen) atoms. The summed E-state index contributed by atoms with van der Waals surface area (Å²) in [5.41, 5.74) is 3.47. The third-order valence-corrected chi connectivity index (χ3v) is 8.83. The van der Waals surface area contributed by atoms with Crippen LogP contribution in [-0.2, 0) is 14.4 Å². The van der Waals surface area contributed by atoms with Gasteiger partial charge in [-0.2, -0.15) is 0 Å². The van der Waals surface area contributed by atoms with Gasteiger partial charge in [0.15, 0.2) is 0 Å². The summed E-state index contributed by atoms with van der Waals surface area (Å²) in [4.78, 5) is 67.9. The summed E-state index contributed by atoms with van der Waals surface area (Å²) in [6, 6.07) is 17.9. The molecule has 0 radical (unpaired) electrons. The zero-order valence-electron chi connectivity index (χ0n) is 27.3. The maximum atomic E-state index is 14.6. The Hall–Kier alpha value is -5.56. The van der Waals surface area contributed by atoms with E-state index in [-0.39, 0.29) is 17.9 Å². The number of hydrogen-bond donors (Lipinski definition) is 1. The van der Waals surface area contributed by atoms with Gasteiger partial charge >= 0.3 is 0 Å². The molecule has 246 valence electrons. The van der Waals surface area contributed by atoms with Crippen LogP contribution in [0.15, 0.2) is 90.3 Å². The number of carbonyl (C=O) groups is 4. The van der Waals surface area contributed by atoms with Crippen molar-refractivity contribution in [3.63, 3.8) is 0 Å². The number of likely N-dealkylation sites (tertiary alicyclic amines) is 2. The number of piperidine rings is 1. The van der Waals surface area contributed by atoms with Crippen molar-refractivity contribution in [1.82, 2.24) is 20.1 Å². The molecule has 2 aliphatic heterocycles. The minimum atomic E-state index is -1.09. The molecule has 0 spiro atoms. The second-order valence-electron chi connectivity index (χ2n) is 11.9. The van der Waals surface area contributed by atoms with E-state index in [0.717, 1.165) is 11.1 Å². The highest BCUT2D eigenvalue weighted by atomic mass is 16.2. The van der Waals surface area contributed by atoms with E-state index >= 15 is 0 Å². The summed E-state index contributed by atoms with van der Waals surface area (Å²) in [5, 5.41) is 3.17. The monoisotopic (exact) mass is 644 g/mol. The van der Waals surface area contributed by atoms with Gasteiger partial charge in [0.1, 0.15) is 12.1 Å². The molecule has 2 aliphatic rings. The average molecular weight is 645 g/mol. The lowest BCUT2D eigenvalue weighted by Gasteiger charge is -2.37. The first kappa shape index (κ1) is 33.8. The van der Waals surface area contributed by atoms with Crippen LogP contribution in [0.25, 0.3) is 5.57 Å². The molecule has 10 heteroatoms. The molecular weight excluding hydrogens is 604 g/mol. The van der Waals surface area contributed by atoms with Crippen molar-refractivity contribution in [3.8, 4) is 12.3 Å². The standard InChI is InChI=1S/C38H40N6O4/c1-4-34(45)43-22-10-14-33(43)38(48)44(32-17-15-28(16-18-32)27(3)25-39-5-2)35(30-13-9-21-40-26-30)36(46)41-31-19-23-42(24-20-31)37(47)29-11-7-6-8-12-29/h1,5-9,11-13,15-18,21,25-26,31,33,35H,10,14,19-20,22-24H2,2-3H3,(H,41,46)/b27-25+,39-5?. The fourth-order valence-corrected chi connectivity index (χ4v) is 6.29. The molecule has 2 saturated heterocycles. The topological polar surface area (TPSA) is 115 Å². The number of hydrogen-bond acceptors (Lipinski definition) is 6. The molecule has 4 amide bonds. The molecule has 0 saturated carbocycles. The number of anilines is 1. The van der Waals surface area contributed by atoms with Gasteiger partial charge in [-0.05, 0) is 86.9 Å². The summed E-state index contributed by atoms with van der Waals surface area (Å²) in [7, 11) is 0. The highest BCUT2D eigenvalue weighted by Crippen LogP contribution is 2.33. The van der Waals surface area contributed by atoms with Crippen molar-refractivity contribution in [2.75, 3.05) is 24.5 Å². The van der Waals surface area contributed by atoms with Gasteiger partial charge in [-0.15, -0.1) is 6.42 Å². The summed E-state index contributed by atoms with van der Waals surface area (Å²) >= 11 is 0. The summed E-state index contributed by atoms with van der Waals surface area (Å²) in [5.74, 6) is 0.768. The average Bonchev–Trinajstić information content (AvgIpc) is 3.63. The first-order valence-electron chi connectivity index (χ1n) is 16.2. The molecule has 3 heterocycles. The fourth-order valence-electron chi connectivity index (χ4n) is 6.29. The van der Waals surface area contributed by atoms with Crippen LogP contribution in [0.4, 0.5) is 5.69 Å². The lowest BCUT2D eigenvalue weighted by atomic mass is 9.99.